The standard InChI is InChI=1S/C24H27NO3.I3/c1-27-22-14-19-13-20(24(26)21(19)15-23(22)28-2)12-17-8-10-25(11-9-17)16-18-6-4-3-5-7-18;1-3-2/h3-7,12,14-15,17H,8-11,13,16H2,1-2H3;/q;-1. The van der Waals surface area contributed by atoms with Gasteiger partial charge in [0.2, 0.25) is 0 Å². The van der Waals surface area contributed by atoms with E-state index >= 15 is 0 Å². The van der Waals surface area contributed by atoms with E-state index in [1.165, 1.54) is 5.56 Å². The predicted molar refractivity (Wildman–Crippen MR) is 138 cm³/mol. The molecule has 0 saturated carbocycles. The van der Waals surface area contributed by atoms with Crippen LogP contribution in [0.3, 0.4) is 0 Å². The van der Waals surface area contributed by atoms with Crippen LogP contribution in [0, 0.1) is 5.92 Å². The number of ether oxygens (including phenoxy) is 2. The first-order valence-electron chi connectivity index (χ1n) is 10.2. The van der Waals surface area contributed by atoms with Crippen molar-refractivity contribution in [3.63, 3.8) is 0 Å². The summed E-state index contributed by atoms with van der Waals surface area (Å²) in [5, 5.41) is 0. The van der Waals surface area contributed by atoms with Crippen molar-refractivity contribution in [2.75, 3.05) is 27.3 Å². The number of hydrogen-bond acceptors (Lipinski definition) is 4. The number of allylic oxidation sites excluding steroid dienone is 2. The number of nitrogens with zero attached hydrogens (tertiary/aromatic N) is 1. The van der Waals surface area contributed by atoms with Crippen LogP contribution >= 0.6 is 37.2 Å². The molecule has 2 aromatic carbocycles. The molecule has 1 heterocycles. The Hall–Kier alpha value is -0.400. The molecular formula is C24H27I3NO3-. The molecule has 0 bridgehead atoms. The van der Waals surface area contributed by atoms with E-state index in [1.807, 2.05) is 12.1 Å². The molecule has 1 fully saturated rings. The molecule has 1 saturated heterocycles. The van der Waals surface area contributed by atoms with Gasteiger partial charge in [-0.25, -0.2) is 0 Å². The Labute approximate surface area is 214 Å². The molecule has 0 atom stereocenters. The second-order valence-corrected chi connectivity index (χ2v) is 24.0. The number of methoxy groups -OCH3 is 2. The number of fused-ring (bicyclic) bond motifs is 1. The van der Waals surface area contributed by atoms with Gasteiger partial charge in [0.15, 0.2) is 17.3 Å². The average Bonchev–Trinajstić information content (AvgIpc) is 3.09. The van der Waals surface area contributed by atoms with Gasteiger partial charge in [-0.3, -0.25) is 9.69 Å². The third-order valence-electron chi connectivity index (χ3n) is 5.84. The fourth-order valence-electron chi connectivity index (χ4n) is 4.28. The quantitative estimate of drug-likeness (QED) is 0.348. The van der Waals surface area contributed by atoms with Gasteiger partial charge in [-0.05, 0) is 55.1 Å². The van der Waals surface area contributed by atoms with Crippen molar-refractivity contribution >= 4 is 43.0 Å². The summed E-state index contributed by atoms with van der Waals surface area (Å²) in [5.74, 6) is 1.92. The van der Waals surface area contributed by atoms with Gasteiger partial charge in [0.25, 0.3) is 0 Å². The van der Waals surface area contributed by atoms with Gasteiger partial charge in [0, 0.05) is 24.1 Å². The van der Waals surface area contributed by atoms with Gasteiger partial charge in [-0.2, -0.15) is 0 Å². The van der Waals surface area contributed by atoms with Crippen molar-refractivity contribution in [2.24, 2.45) is 5.92 Å². The molecular weight excluding hydrogens is 731 g/mol. The molecule has 1 aliphatic carbocycles. The third-order valence-corrected chi connectivity index (χ3v) is 5.84. The average molecular weight is 758 g/mol. The summed E-state index contributed by atoms with van der Waals surface area (Å²) in [6, 6.07) is 14.4. The monoisotopic (exact) mass is 758 g/mol. The van der Waals surface area contributed by atoms with Gasteiger partial charge in [-0.1, -0.05) is 36.4 Å². The van der Waals surface area contributed by atoms with Crippen LogP contribution in [0.5, 0.6) is 11.5 Å². The number of benzene rings is 2. The van der Waals surface area contributed by atoms with Gasteiger partial charge in [-0.15, -0.1) is 0 Å². The predicted octanol–water partition coefficient (Wildman–Crippen LogP) is 3.06. The van der Waals surface area contributed by atoms with E-state index in [2.05, 4.69) is 78.5 Å². The van der Waals surface area contributed by atoms with E-state index < -0.39 is 0 Å². The third kappa shape index (κ3) is 6.80. The Kier molecular flexibility index (Phi) is 10.4. The Morgan fingerprint density at radius 1 is 1.06 bits per heavy atom. The molecule has 0 spiro atoms. The van der Waals surface area contributed by atoms with E-state index in [1.54, 1.807) is 14.2 Å². The van der Waals surface area contributed by atoms with Crippen molar-refractivity contribution < 1.29 is 27.5 Å². The van der Waals surface area contributed by atoms with Gasteiger partial charge >= 0.3 is 50.5 Å². The molecule has 0 amide bonds. The maximum atomic E-state index is 12.9. The number of rotatable bonds is 5. The van der Waals surface area contributed by atoms with Crippen LogP contribution in [0.2, 0.25) is 0 Å². The maximum absolute atomic E-state index is 12.9. The summed E-state index contributed by atoms with van der Waals surface area (Å²) in [4.78, 5) is 15.4. The molecule has 2 aromatic rings. The fraction of sp³-hybridized carbons (Fsp3) is 0.375. The number of likely N-dealkylation sites (tertiary alicyclic amines) is 1. The number of Topliss-reactive ketones (excluding diaryl/α,β-unsaturated/α-hetero) is 1. The molecule has 0 unspecified atom stereocenters. The molecule has 4 rings (SSSR count). The van der Waals surface area contributed by atoms with Crippen LogP contribution in [0.25, 0.3) is 0 Å². The van der Waals surface area contributed by atoms with E-state index in [9.17, 15) is 4.79 Å². The Morgan fingerprint density at radius 3 is 2.29 bits per heavy atom. The van der Waals surface area contributed by atoms with E-state index in [0.717, 1.165) is 49.2 Å². The van der Waals surface area contributed by atoms with Crippen LogP contribution in [-0.2, 0) is 13.0 Å². The number of ketones is 1. The number of carbonyl (C=O) groups is 1. The molecule has 0 aromatic heterocycles. The molecule has 4 nitrogen and oxygen atoms in total. The number of carbonyl (C=O) groups excluding carboxylic acids is 1. The molecule has 0 N–H and O–H groups in total. The topological polar surface area (TPSA) is 38.8 Å². The molecule has 2 aliphatic rings. The first-order chi connectivity index (χ1) is 15.1. The van der Waals surface area contributed by atoms with Crippen molar-refractivity contribution in [3.05, 3.63) is 70.8 Å². The zero-order valence-corrected chi connectivity index (χ0v) is 24.2. The SMILES string of the molecule is COc1cc2c(cc1OC)C(=O)C(=CC1CCN(Cc3ccccc3)CC1)C2.I[I-]I. The molecule has 31 heavy (non-hydrogen) atoms. The van der Waals surface area contributed by atoms with Crippen molar-refractivity contribution in [1.29, 1.82) is 0 Å². The van der Waals surface area contributed by atoms with Crippen LogP contribution in [-0.4, -0.2) is 38.0 Å². The van der Waals surface area contributed by atoms with Gasteiger partial charge in [0.1, 0.15) is 0 Å². The van der Waals surface area contributed by atoms with Crippen molar-refractivity contribution in [1.82, 2.24) is 4.90 Å². The first kappa shape index (κ1) is 25.2. The Morgan fingerprint density at radius 2 is 1.68 bits per heavy atom. The van der Waals surface area contributed by atoms with Crippen LogP contribution in [0.4, 0.5) is 0 Å². The van der Waals surface area contributed by atoms with Gasteiger partial charge in [0.05, 0.1) is 14.2 Å². The van der Waals surface area contributed by atoms with Crippen LogP contribution in [0.15, 0.2) is 54.1 Å². The molecule has 0 radical (unpaired) electrons. The van der Waals surface area contributed by atoms with E-state index in [-0.39, 0.29) is 5.78 Å². The summed E-state index contributed by atoms with van der Waals surface area (Å²) in [5.41, 5.74) is 4.08. The normalized spacial score (nSPS) is 17.9. The van der Waals surface area contributed by atoms with E-state index in [0.29, 0.717) is 37.1 Å². The summed E-state index contributed by atoms with van der Waals surface area (Å²) in [7, 11) is 3.23. The summed E-state index contributed by atoms with van der Waals surface area (Å²) in [6.45, 7) is 3.16. The minimum atomic E-state index is 0.141. The van der Waals surface area contributed by atoms with Gasteiger partial charge < -0.3 is 9.47 Å². The number of piperidine rings is 1. The van der Waals surface area contributed by atoms with Crippen molar-refractivity contribution in [2.45, 2.75) is 25.8 Å². The summed E-state index contributed by atoms with van der Waals surface area (Å²) in [6.07, 6.45) is 5.12. The van der Waals surface area contributed by atoms with Crippen LogP contribution < -0.4 is 22.7 Å². The molecule has 168 valence electrons. The molecule has 7 heteroatoms. The summed E-state index contributed by atoms with van der Waals surface area (Å²) >= 11 is 5.30. The summed E-state index contributed by atoms with van der Waals surface area (Å²) < 4.78 is 10.7. The minimum absolute atomic E-state index is 0.141. The second-order valence-electron chi connectivity index (χ2n) is 7.72. The Bertz CT molecular complexity index is 910. The number of halogens is 3. The number of hydrogen-bond donors (Lipinski definition) is 0. The zero-order chi connectivity index (χ0) is 22.2. The van der Waals surface area contributed by atoms with Crippen LogP contribution in [0.1, 0.15) is 34.3 Å². The molecule has 1 aliphatic heterocycles. The Balaban J connectivity index is 0.000000858. The first-order valence-corrected chi connectivity index (χ1v) is 22.8. The van der Waals surface area contributed by atoms with E-state index in [4.69, 9.17) is 9.47 Å². The van der Waals surface area contributed by atoms with Crippen molar-refractivity contribution in [3.8, 4) is 11.5 Å². The zero-order valence-electron chi connectivity index (χ0n) is 17.7. The second kappa shape index (κ2) is 12.7. The fourth-order valence-corrected chi connectivity index (χ4v) is 4.28.